The number of nitrogens with zero attached hydrogens (tertiary/aromatic N) is 2. The zero-order valence-corrected chi connectivity index (χ0v) is 12.3. The van der Waals surface area contributed by atoms with Crippen molar-refractivity contribution >= 4 is 39.6 Å². The fraction of sp³-hybridized carbons (Fsp3) is 0.0625. The molecule has 0 amide bonds. The first-order valence-electron chi connectivity index (χ1n) is 6.53. The van der Waals surface area contributed by atoms with Gasteiger partial charge in [-0.1, -0.05) is 18.3 Å². The maximum atomic E-state index is 5.77. The summed E-state index contributed by atoms with van der Waals surface area (Å²) in [5, 5.41) is 4.34. The van der Waals surface area contributed by atoms with Gasteiger partial charge in [-0.15, -0.1) is 0 Å². The van der Waals surface area contributed by atoms with E-state index in [0.29, 0.717) is 10.8 Å². The van der Waals surface area contributed by atoms with E-state index in [4.69, 9.17) is 18.0 Å². The van der Waals surface area contributed by atoms with Gasteiger partial charge < -0.3 is 11.1 Å². The van der Waals surface area contributed by atoms with Crippen LogP contribution >= 0.6 is 12.2 Å². The zero-order valence-electron chi connectivity index (χ0n) is 11.5. The highest BCUT2D eigenvalue weighted by molar-refractivity contribution is 7.80. The molecule has 0 unspecified atom stereocenters. The van der Waals surface area contributed by atoms with Gasteiger partial charge in [0.25, 0.3) is 0 Å². The number of hydrogen-bond acceptors (Lipinski definition) is 4. The molecule has 0 saturated carbocycles. The number of hydrogen-bond donors (Lipinski definition) is 2. The van der Waals surface area contributed by atoms with Gasteiger partial charge in [-0.2, -0.15) is 0 Å². The molecule has 4 nitrogen and oxygen atoms in total. The van der Waals surface area contributed by atoms with Crippen molar-refractivity contribution in [3.05, 3.63) is 59.9 Å². The van der Waals surface area contributed by atoms with Gasteiger partial charge >= 0.3 is 0 Å². The number of pyridine rings is 2. The Morgan fingerprint density at radius 3 is 2.81 bits per heavy atom. The van der Waals surface area contributed by atoms with Gasteiger partial charge in [-0.3, -0.25) is 4.98 Å². The van der Waals surface area contributed by atoms with Crippen molar-refractivity contribution in [2.24, 2.45) is 5.73 Å². The molecule has 0 aliphatic carbocycles. The predicted octanol–water partition coefficient (Wildman–Crippen LogP) is 3.32. The Hall–Kier alpha value is -2.53. The lowest BCUT2D eigenvalue weighted by molar-refractivity contribution is 1.19. The minimum atomic E-state index is 0.323. The molecule has 2 heterocycles. The average Bonchev–Trinajstić information content (AvgIpc) is 2.47. The molecule has 1 aromatic carbocycles. The van der Waals surface area contributed by atoms with E-state index < -0.39 is 0 Å². The fourth-order valence-electron chi connectivity index (χ4n) is 2.19. The van der Waals surface area contributed by atoms with Gasteiger partial charge in [0.05, 0.1) is 11.1 Å². The normalized spacial score (nSPS) is 10.5. The molecule has 2 aromatic heterocycles. The number of nitrogens with two attached hydrogens (primary N) is 1. The first-order valence-corrected chi connectivity index (χ1v) is 6.94. The van der Waals surface area contributed by atoms with Crippen molar-refractivity contribution in [1.29, 1.82) is 0 Å². The van der Waals surface area contributed by atoms with E-state index in [1.54, 1.807) is 6.20 Å². The highest BCUT2D eigenvalue weighted by Gasteiger charge is 2.09. The monoisotopic (exact) mass is 294 g/mol. The van der Waals surface area contributed by atoms with E-state index in [1.165, 1.54) is 0 Å². The molecular formula is C16H14N4S. The Kier molecular flexibility index (Phi) is 3.50. The van der Waals surface area contributed by atoms with Crippen LogP contribution in [0.3, 0.4) is 0 Å². The highest BCUT2D eigenvalue weighted by atomic mass is 32.1. The number of fused-ring (bicyclic) bond motifs is 1. The second-order valence-electron chi connectivity index (χ2n) is 4.71. The number of anilines is 2. The maximum absolute atomic E-state index is 5.77. The van der Waals surface area contributed by atoms with E-state index in [-0.39, 0.29) is 0 Å². The molecule has 0 bridgehead atoms. The summed E-state index contributed by atoms with van der Waals surface area (Å²) in [7, 11) is 0. The average molecular weight is 294 g/mol. The number of aryl methyl sites for hydroxylation is 1. The molecule has 3 N–H and O–H groups in total. The molecule has 0 radical (unpaired) electrons. The van der Waals surface area contributed by atoms with Gasteiger partial charge in [0.15, 0.2) is 0 Å². The SMILES string of the molecule is Cc1ccc(C(N)=S)c(Nc2cccc3ncccc23)n1. The Bertz CT molecular complexity index is 824. The zero-order chi connectivity index (χ0) is 14.8. The summed E-state index contributed by atoms with van der Waals surface area (Å²) < 4.78 is 0. The standard InChI is InChI=1S/C16H14N4S/c1-10-7-8-12(15(17)21)16(19-10)20-14-6-2-5-13-11(14)4-3-9-18-13/h2-9H,1H3,(H2,17,21)(H,19,20). The van der Waals surface area contributed by atoms with Gasteiger partial charge in [0, 0.05) is 23.0 Å². The fourth-order valence-corrected chi connectivity index (χ4v) is 2.36. The van der Waals surface area contributed by atoms with Crippen LogP contribution in [0.15, 0.2) is 48.7 Å². The highest BCUT2D eigenvalue weighted by Crippen LogP contribution is 2.26. The summed E-state index contributed by atoms with van der Waals surface area (Å²) in [6.45, 7) is 1.93. The molecule has 3 aromatic rings. The third-order valence-electron chi connectivity index (χ3n) is 3.20. The summed E-state index contributed by atoms with van der Waals surface area (Å²) in [5.41, 5.74) is 9.25. The van der Waals surface area contributed by atoms with Crippen molar-refractivity contribution < 1.29 is 0 Å². The van der Waals surface area contributed by atoms with E-state index >= 15 is 0 Å². The molecule has 3 rings (SSSR count). The number of aromatic nitrogens is 2. The first-order chi connectivity index (χ1) is 10.1. The van der Waals surface area contributed by atoms with Crippen molar-refractivity contribution in [3.63, 3.8) is 0 Å². The van der Waals surface area contributed by atoms with Crippen LogP contribution in [-0.4, -0.2) is 15.0 Å². The van der Waals surface area contributed by atoms with Crippen molar-refractivity contribution in [1.82, 2.24) is 9.97 Å². The molecule has 0 fully saturated rings. The van der Waals surface area contributed by atoms with E-state index in [2.05, 4.69) is 15.3 Å². The second kappa shape index (κ2) is 5.46. The van der Waals surface area contributed by atoms with Crippen LogP contribution in [0.25, 0.3) is 10.9 Å². The maximum Gasteiger partial charge on any atom is 0.140 e. The quantitative estimate of drug-likeness (QED) is 0.726. The molecule has 5 heteroatoms. The Balaban J connectivity index is 2.11. The Morgan fingerprint density at radius 1 is 1.14 bits per heavy atom. The van der Waals surface area contributed by atoms with Crippen molar-refractivity contribution in [3.8, 4) is 0 Å². The summed E-state index contributed by atoms with van der Waals surface area (Å²) >= 11 is 5.09. The molecule has 0 atom stereocenters. The lowest BCUT2D eigenvalue weighted by atomic mass is 10.1. The van der Waals surface area contributed by atoms with E-state index in [9.17, 15) is 0 Å². The number of nitrogens with one attached hydrogen (secondary N) is 1. The molecule has 0 saturated heterocycles. The molecule has 0 aliphatic rings. The third-order valence-corrected chi connectivity index (χ3v) is 3.42. The minimum absolute atomic E-state index is 0.323. The number of rotatable bonds is 3. The smallest absolute Gasteiger partial charge is 0.140 e. The van der Waals surface area contributed by atoms with Crippen LogP contribution < -0.4 is 11.1 Å². The van der Waals surface area contributed by atoms with E-state index in [1.807, 2.05) is 49.4 Å². The van der Waals surface area contributed by atoms with Gasteiger partial charge in [-0.05, 0) is 43.3 Å². The Labute approximate surface area is 128 Å². The largest absolute Gasteiger partial charge is 0.389 e. The van der Waals surface area contributed by atoms with Gasteiger partial charge in [-0.25, -0.2) is 4.98 Å². The van der Waals surface area contributed by atoms with Crippen molar-refractivity contribution in [2.75, 3.05) is 5.32 Å². The lowest BCUT2D eigenvalue weighted by Crippen LogP contribution is -2.13. The Morgan fingerprint density at radius 2 is 2.00 bits per heavy atom. The molecule has 0 spiro atoms. The molecule has 21 heavy (non-hydrogen) atoms. The van der Waals surface area contributed by atoms with Gasteiger partial charge in [0.1, 0.15) is 10.8 Å². The van der Waals surface area contributed by atoms with Gasteiger partial charge in [0.2, 0.25) is 0 Å². The number of benzene rings is 1. The van der Waals surface area contributed by atoms with Crippen LogP contribution in [-0.2, 0) is 0 Å². The topological polar surface area (TPSA) is 63.8 Å². The summed E-state index contributed by atoms with van der Waals surface area (Å²) in [5.74, 6) is 0.666. The van der Waals surface area contributed by atoms with Crippen LogP contribution in [0.2, 0.25) is 0 Å². The van der Waals surface area contributed by atoms with Crippen LogP contribution in [0, 0.1) is 6.92 Å². The van der Waals surface area contributed by atoms with Crippen LogP contribution in [0.1, 0.15) is 11.3 Å². The number of thiocarbonyl (C=S) groups is 1. The summed E-state index contributed by atoms with van der Waals surface area (Å²) in [6.07, 6.45) is 1.78. The first kappa shape index (κ1) is 13.5. The van der Waals surface area contributed by atoms with E-state index in [0.717, 1.165) is 27.8 Å². The minimum Gasteiger partial charge on any atom is -0.389 e. The van der Waals surface area contributed by atoms with Crippen LogP contribution in [0.5, 0.6) is 0 Å². The summed E-state index contributed by atoms with van der Waals surface area (Å²) in [4.78, 5) is 9.17. The molecular weight excluding hydrogens is 280 g/mol. The third kappa shape index (κ3) is 2.68. The molecule has 0 aliphatic heterocycles. The van der Waals surface area contributed by atoms with Crippen LogP contribution in [0.4, 0.5) is 11.5 Å². The second-order valence-corrected chi connectivity index (χ2v) is 5.15. The predicted molar refractivity (Wildman–Crippen MR) is 89.9 cm³/mol. The summed E-state index contributed by atoms with van der Waals surface area (Å²) in [6, 6.07) is 13.6. The lowest BCUT2D eigenvalue weighted by Gasteiger charge is -2.12. The molecule has 104 valence electrons. The van der Waals surface area contributed by atoms with Crippen molar-refractivity contribution in [2.45, 2.75) is 6.92 Å².